The number of hydrogen-bond donors (Lipinski definition) is 2. The second-order valence-electron chi connectivity index (χ2n) is 6.55. The summed E-state index contributed by atoms with van der Waals surface area (Å²) in [6.07, 6.45) is 0. The molecule has 2 aromatic carbocycles. The van der Waals surface area contributed by atoms with Crippen molar-refractivity contribution in [1.82, 2.24) is 10.9 Å². The summed E-state index contributed by atoms with van der Waals surface area (Å²) in [6, 6.07) is 10.2. The van der Waals surface area contributed by atoms with Crippen LogP contribution >= 0.6 is 27.5 Å². The standard InChI is InChI=1S/C20H22BrClN2O4/c1-12(2)10-27-18-6-4-14(21)9-16(18)20(26)24-23-19(25)11-28-17-7-5-15(22)8-13(17)3/h4-9,12H,10-11H2,1-3H3,(H,23,25)(H,24,26). The molecule has 2 aromatic rings. The monoisotopic (exact) mass is 468 g/mol. The van der Waals surface area contributed by atoms with Gasteiger partial charge in [0.05, 0.1) is 12.2 Å². The van der Waals surface area contributed by atoms with Crippen LogP contribution in [0.3, 0.4) is 0 Å². The Morgan fingerprint density at radius 2 is 1.79 bits per heavy atom. The normalized spacial score (nSPS) is 10.5. The highest BCUT2D eigenvalue weighted by Gasteiger charge is 2.15. The molecular weight excluding hydrogens is 448 g/mol. The van der Waals surface area contributed by atoms with E-state index in [1.165, 1.54) is 0 Å². The molecule has 2 amide bonds. The van der Waals surface area contributed by atoms with Crippen molar-refractivity contribution in [2.24, 2.45) is 5.92 Å². The van der Waals surface area contributed by atoms with Crippen LogP contribution in [0.25, 0.3) is 0 Å². The lowest BCUT2D eigenvalue weighted by Crippen LogP contribution is -2.44. The molecule has 0 saturated heterocycles. The molecule has 0 saturated carbocycles. The van der Waals surface area contributed by atoms with Crippen LogP contribution in [-0.4, -0.2) is 25.0 Å². The van der Waals surface area contributed by atoms with Crippen LogP contribution in [0.15, 0.2) is 40.9 Å². The Morgan fingerprint density at radius 3 is 2.46 bits per heavy atom. The highest BCUT2D eigenvalue weighted by atomic mass is 79.9. The first-order valence-electron chi connectivity index (χ1n) is 8.66. The molecule has 0 atom stereocenters. The maximum Gasteiger partial charge on any atom is 0.276 e. The topological polar surface area (TPSA) is 76.7 Å². The number of amides is 2. The summed E-state index contributed by atoms with van der Waals surface area (Å²) in [5.41, 5.74) is 5.83. The largest absolute Gasteiger partial charge is 0.492 e. The highest BCUT2D eigenvalue weighted by molar-refractivity contribution is 9.10. The van der Waals surface area contributed by atoms with Crippen LogP contribution < -0.4 is 20.3 Å². The molecule has 0 unspecified atom stereocenters. The molecular formula is C20H22BrClN2O4. The van der Waals surface area contributed by atoms with Crippen LogP contribution in [0.4, 0.5) is 0 Å². The Kier molecular flexibility index (Phi) is 8.14. The molecule has 0 aliphatic carbocycles. The van der Waals surface area contributed by atoms with Gasteiger partial charge in [0.2, 0.25) is 0 Å². The van der Waals surface area contributed by atoms with E-state index in [0.717, 1.165) is 10.0 Å². The Hall–Kier alpha value is -2.25. The van der Waals surface area contributed by atoms with Crippen molar-refractivity contribution in [3.05, 3.63) is 57.0 Å². The molecule has 2 rings (SSSR count). The van der Waals surface area contributed by atoms with Gasteiger partial charge in [-0.3, -0.25) is 20.4 Å². The zero-order valence-corrected chi connectivity index (χ0v) is 18.2. The summed E-state index contributed by atoms with van der Waals surface area (Å²) in [5.74, 6) is 0.310. The Labute approximate surface area is 177 Å². The number of hydrogen-bond acceptors (Lipinski definition) is 4. The van der Waals surface area contributed by atoms with Gasteiger partial charge in [0.15, 0.2) is 6.61 Å². The molecule has 0 aliphatic heterocycles. The van der Waals surface area contributed by atoms with Crippen LogP contribution in [-0.2, 0) is 4.79 Å². The van der Waals surface area contributed by atoms with Gasteiger partial charge in [0, 0.05) is 9.50 Å². The van der Waals surface area contributed by atoms with Gasteiger partial charge in [-0.25, -0.2) is 0 Å². The fraction of sp³-hybridized carbons (Fsp3) is 0.300. The average molecular weight is 470 g/mol. The van der Waals surface area contributed by atoms with Gasteiger partial charge in [0.1, 0.15) is 11.5 Å². The van der Waals surface area contributed by atoms with E-state index in [4.69, 9.17) is 21.1 Å². The van der Waals surface area contributed by atoms with Gasteiger partial charge in [0.25, 0.3) is 11.8 Å². The minimum absolute atomic E-state index is 0.252. The molecule has 0 heterocycles. The average Bonchev–Trinajstić information content (AvgIpc) is 2.64. The van der Waals surface area contributed by atoms with Gasteiger partial charge in [-0.2, -0.15) is 0 Å². The van der Waals surface area contributed by atoms with E-state index < -0.39 is 11.8 Å². The fourth-order valence-corrected chi connectivity index (χ4v) is 2.80. The molecule has 0 bridgehead atoms. The molecule has 0 spiro atoms. The number of rotatable bonds is 7. The van der Waals surface area contributed by atoms with E-state index >= 15 is 0 Å². The van der Waals surface area contributed by atoms with Gasteiger partial charge in [-0.05, 0) is 54.8 Å². The van der Waals surface area contributed by atoms with Crippen LogP contribution in [0.2, 0.25) is 5.02 Å². The Balaban J connectivity index is 1.92. The zero-order valence-electron chi connectivity index (χ0n) is 15.8. The molecule has 150 valence electrons. The van der Waals surface area contributed by atoms with Crippen molar-refractivity contribution < 1.29 is 19.1 Å². The number of nitrogens with one attached hydrogen (secondary N) is 2. The van der Waals surface area contributed by atoms with Crippen molar-refractivity contribution >= 4 is 39.3 Å². The smallest absolute Gasteiger partial charge is 0.276 e. The van der Waals surface area contributed by atoms with Crippen LogP contribution in [0.1, 0.15) is 29.8 Å². The van der Waals surface area contributed by atoms with Crippen molar-refractivity contribution in [2.45, 2.75) is 20.8 Å². The number of benzene rings is 2. The van der Waals surface area contributed by atoms with E-state index in [0.29, 0.717) is 34.6 Å². The van der Waals surface area contributed by atoms with Crippen LogP contribution in [0, 0.1) is 12.8 Å². The molecule has 0 aliphatic rings. The number of ether oxygens (including phenoxy) is 2. The van der Waals surface area contributed by atoms with Crippen molar-refractivity contribution in [3.8, 4) is 11.5 Å². The number of aryl methyl sites for hydroxylation is 1. The first-order valence-corrected chi connectivity index (χ1v) is 9.84. The van der Waals surface area contributed by atoms with Crippen molar-refractivity contribution in [2.75, 3.05) is 13.2 Å². The number of halogens is 2. The van der Waals surface area contributed by atoms with Crippen molar-refractivity contribution in [1.29, 1.82) is 0 Å². The number of hydrazine groups is 1. The molecule has 0 radical (unpaired) electrons. The fourth-order valence-electron chi connectivity index (χ4n) is 2.21. The summed E-state index contributed by atoms with van der Waals surface area (Å²) in [6.45, 7) is 6.08. The predicted molar refractivity (Wildman–Crippen MR) is 112 cm³/mol. The summed E-state index contributed by atoms with van der Waals surface area (Å²) >= 11 is 9.22. The molecule has 0 fully saturated rings. The van der Waals surface area contributed by atoms with E-state index in [-0.39, 0.29) is 6.61 Å². The lowest BCUT2D eigenvalue weighted by Gasteiger charge is -2.14. The summed E-state index contributed by atoms with van der Waals surface area (Å²) in [7, 11) is 0. The number of carbonyl (C=O) groups is 2. The van der Waals surface area contributed by atoms with Crippen molar-refractivity contribution in [3.63, 3.8) is 0 Å². The van der Waals surface area contributed by atoms with Gasteiger partial charge in [-0.15, -0.1) is 0 Å². The van der Waals surface area contributed by atoms with Gasteiger partial charge < -0.3 is 9.47 Å². The van der Waals surface area contributed by atoms with E-state index in [2.05, 4.69) is 26.8 Å². The molecule has 28 heavy (non-hydrogen) atoms. The SMILES string of the molecule is Cc1cc(Cl)ccc1OCC(=O)NNC(=O)c1cc(Br)ccc1OCC(C)C. The quantitative estimate of drug-likeness (QED) is 0.593. The second kappa shape index (κ2) is 10.3. The maximum absolute atomic E-state index is 12.5. The van der Waals surface area contributed by atoms with E-state index in [1.54, 1.807) is 36.4 Å². The van der Waals surface area contributed by atoms with E-state index in [9.17, 15) is 9.59 Å². The third-order valence-corrected chi connectivity index (χ3v) is 4.30. The number of carbonyl (C=O) groups excluding carboxylic acids is 2. The first kappa shape index (κ1) is 22.0. The third-order valence-electron chi connectivity index (χ3n) is 3.57. The first-order chi connectivity index (χ1) is 13.3. The minimum atomic E-state index is -0.498. The minimum Gasteiger partial charge on any atom is -0.492 e. The summed E-state index contributed by atoms with van der Waals surface area (Å²) in [5, 5.41) is 0.589. The zero-order chi connectivity index (χ0) is 20.7. The third kappa shape index (κ3) is 6.73. The lowest BCUT2D eigenvalue weighted by atomic mass is 10.2. The maximum atomic E-state index is 12.5. The molecule has 6 nitrogen and oxygen atoms in total. The Morgan fingerprint density at radius 1 is 1.07 bits per heavy atom. The van der Waals surface area contributed by atoms with E-state index in [1.807, 2.05) is 20.8 Å². The summed E-state index contributed by atoms with van der Waals surface area (Å²) in [4.78, 5) is 24.4. The van der Waals surface area contributed by atoms with Gasteiger partial charge >= 0.3 is 0 Å². The lowest BCUT2D eigenvalue weighted by molar-refractivity contribution is -0.123. The van der Waals surface area contributed by atoms with Crippen LogP contribution in [0.5, 0.6) is 11.5 Å². The predicted octanol–water partition coefficient (Wildman–Crippen LogP) is 4.29. The summed E-state index contributed by atoms with van der Waals surface area (Å²) < 4.78 is 11.8. The molecule has 0 aromatic heterocycles. The highest BCUT2D eigenvalue weighted by Crippen LogP contribution is 2.24. The second-order valence-corrected chi connectivity index (χ2v) is 7.90. The van der Waals surface area contributed by atoms with Gasteiger partial charge in [-0.1, -0.05) is 41.4 Å². The molecule has 8 heteroatoms. The molecule has 2 N–H and O–H groups in total. The Bertz CT molecular complexity index is 858.